The first-order chi connectivity index (χ1) is 5.81. The first kappa shape index (κ1) is 8.48. The van der Waals surface area contributed by atoms with Crippen molar-refractivity contribution < 1.29 is 14.6 Å². The minimum absolute atomic E-state index is 0.277. The summed E-state index contributed by atoms with van der Waals surface area (Å²) in [6.07, 6.45) is 4.73. The molecule has 0 aliphatic carbocycles. The van der Waals surface area contributed by atoms with Crippen molar-refractivity contribution in [3.05, 3.63) is 0 Å². The standard InChI is InChI=1S/C9H16O3/c10-8-3-5-9(12-7-8)4-1-2-6-11-9/h8,10H,1-7H2/t8-,9+/m1/s1. The van der Waals surface area contributed by atoms with Crippen LogP contribution in [0.1, 0.15) is 32.1 Å². The summed E-state index contributed by atoms with van der Waals surface area (Å²) in [6.45, 7) is 1.26. The van der Waals surface area contributed by atoms with E-state index in [0.717, 1.165) is 32.3 Å². The lowest BCUT2D eigenvalue weighted by Crippen LogP contribution is -2.45. The molecule has 70 valence electrons. The number of hydrogen-bond acceptors (Lipinski definition) is 3. The summed E-state index contributed by atoms with van der Waals surface area (Å²) < 4.78 is 11.2. The van der Waals surface area contributed by atoms with Crippen LogP contribution in [0.25, 0.3) is 0 Å². The molecule has 2 atom stereocenters. The lowest BCUT2D eigenvalue weighted by Gasteiger charge is -2.41. The van der Waals surface area contributed by atoms with Gasteiger partial charge in [-0.1, -0.05) is 0 Å². The highest BCUT2D eigenvalue weighted by Gasteiger charge is 2.38. The molecule has 0 aromatic heterocycles. The van der Waals surface area contributed by atoms with Gasteiger partial charge in [0.05, 0.1) is 19.3 Å². The second-order valence-electron chi connectivity index (χ2n) is 3.72. The van der Waals surface area contributed by atoms with Gasteiger partial charge in [-0.15, -0.1) is 0 Å². The van der Waals surface area contributed by atoms with E-state index in [-0.39, 0.29) is 11.9 Å². The number of hydrogen-bond donors (Lipinski definition) is 1. The van der Waals surface area contributed by atoms with Crippen LogP contribution in [0.5, 0.6) is 0 Å². The molecule has 3 nitrogen and oxygen atoms in total. The van der Waals surface area contributed by atoms with Crippen LogP contribution >= 0.6 is 0 Å². The Kier molecular flexibility index (Phi) is 2.35. The average molecular weight is 172 g/mol. The van der Waals surface area contributed by atoms with Gasteiger partial charge in [0, 0.05) is 12.8 Å². The smallest absolute Gasteiger partial charge is 0.168 e. The normalized spacial score (nSPS) is 43.2. The van der Waals surface area contributed by atoms with E-state index in [1.807, 2.05) is 0 Å². The third-order valence-corrected chi connectivity index (χ3v) is 2.71. The molecule has 2 aliphatic heterocycles. The Morgan fingerprint density at radius 2 is 2.08 bits per heavy atom. The van der Waals surface area contributed by atoms with E-state index >= 15 is 0 Å². The van der Waals surface area contributed by atoms with Gasteiger partial charge in [-0.3, -0.25) is 0 Å². The topological polar surface area (TPSA) is 38.7 Å². The molecule has 3 heteroatoms. The van der Waals surface area contributed by atoms with E-state index in [0.29, 0.717) is 6.61 Å². The van der Waals surface area contributed by atoms with Crippen molar-refractivity contribution in [2.75, 3.05) is 13.2 Å². The third kappa shape index (κ3) is 1.63. The molecule has 0 saturated carbocycles. The van der Waals surface area contributed by atoms with Crippen LogP contribution in [0.2, 0.25) is 0 Å². The monoisotopic (exact) mass is 172 g/mol. The SMILES string of the molecule is O[C@@H]1CC[C@]2(CCCCO2)OC1. The maximum absolute atomic E-state index is 9.24. The Balaban J connectivity index is 1.92. The Bertz CT molecular complexity index is 142. The number of aliphatic hydroxyl groups excluding tert-OH is 1. The fraction of sp³-hybridized carbons (Fsp3) is 1.00. The van der Waals surface area contributed by atoms with E-state index in [2.05, 4.69) is 0 Å². The van der Waals surface area contributed by atoms with Crippen LogP contribution in [-0.2, 0) is 9.47 Å². The first-order valence-electron chi connectivity index (χ1n) is 4.77. The van der Waals surface area contributed by atoms with E-state index in [1.54, 1.807) is 0 Å². The van der Waals surface area contributed by atoms with E-state index < -0.39 is 0 Å². The van der Waals surface area contributed by atoms with E-state index in [4.69, 9.17) is 9.47 Å². The van der Waals surface area contributed by atoms with Crippen molar-refractivity contribution in [2.24, 2.45) is 0 Å². The molecule has 1 N–H and O–H groups in total. The Morgan fingerprint density at radius 3 is 2.67 bits per heavy atom. The van der Waals surface area contributed by atoms with Crippen molar-refractivity contribution in [1.29, 1.82) is 0 Å². The molecule has 2 rings (SSSR count). The minimum atomic E-state index is -0.322. The van der Waals surface area contributed by atoms with Gasteiger partial charge in [0.15, 0.2) is 5.79 Å². The Labute approximate surface area is 72.7 Å². The number of ether oxygens (including phenoxy) is 2. The fourth-order valence-electron chi connectivity index (χ4n) is 1.93. The molecule has 2 fully saturated rings. The second kappa shape index (κ2) is 3.32. The largest absolute Gasteiger partial charge is 0.391 e. The third-order valence-electron chi connectivity index (χ3n) is 2.71. The zero-order valence-electron chi connectivity index (χ0n) is 7.29. The predicted molar refractivity (Wildman–Crippen MR) is 43.7 cm³/mol. The summed E-state index contributed by atoms with van der Waals surface area (Å²) in [5, 5.41) is 9.24. The summed E-state index contributed by atoms with van der Waals surface area (Å²) in [5.41, 5.74) is 0. The zero-order chi connectivity index (χ0) is 8.44. The molecule has 0 bridgehead atoms. The van der Waals surface area contributed by atoms with Crippen LogP contribution < -0.4 is 0 Å². The van der Waals surface area contributed by atoms with Crippen molar-refractivity contribution in [2.45, 2.75) is 44.0 Å². The van der Waals surface area contributed by atoms with E-state index in [9.17, 15) is 5.11 Å². The molecule has 2 heterocycles. The van der Waals surface area contributed by atoms with Gasteiger partial charge in [-0.05, 0) is 19.3 Å². The molecule has 0 aromatic carbocycles. The van der Waals surface area contributed by atoms with Crippen molar-refractivity contribution in [3.63, 3.8) is 0 Å². The lowest BCUT2D eigenvalue weighted by molar-refractivity contribution is -0.286. The minimum Gasteiger partial charge on any atom is -0.391 e. The summed E-state index contributed by atoms with van der Waals surface area (Å²) in [6, 6.07) is 0. The van der Waals surface area contributed by atoms with E-state index in [1.165, 1.54) is 6.42 Å². The summed E-state index contributed by atoms with van der Waals surface area (Å²) in [4.78, 5) is 0. The average Bonchev–Trinajstić information content (AvgIpc) is 2.13. The molecule has 0 radical (unpaired) electrons. The van der Waals surface area contributed by atoms with Crippen molar-refractivity contribution >= 4 is 0 Å². The van der Waals surface area contributed by atoms with Gasteiger partial charge >= 0.3 is 0 Å². The van der Waals surface area contributed by atoms with Crippen LogP contribution in [0.4, 0.5) is 0 Å². The van der Waals surface area contributed by atoms with Gasteiger partial charge in [0.1, 0.15) is 0 Å². The van der Waals surface area contributed by atoms with Gasteiger partial charge in [-0.2, -0.15) is 0 Å². The molecule has 0 amide bonds. The zero-order valence-corrected chi connectivity index (χ0v) is 7.29. The second-order valence-corrected chi connectivity index (χ2v) is 3.72. The van der Waals surface area contributed by atoms with Crippen molar-refractivity contribution in [3.8, 4) is 0 Å². The molecule has 2 aliphatic rings. The maximum Gasteiger partial charge on any atom is 0.168 e. The highest BCUT2D eigenvalue weighted by atomic mass is 16.7. The Morgan fingerprint density at radius 1 is 1.17 bits per heavy atom. The van der Waals surface area contributed by atoms with Crippen LogP contribution in [0.3, 0.4) is 0 Å². The molecular weight excluding hydrogens is 156 g/mol. The van der Waals surface area contributed by atoms with Crippen LogP contribution in [-0.4, -0.2) is 30.2 Å². The molecule has 1 spiro atoms. The highest BCUT2D eigenvalue weighted by molar-refractivity contribution is 4.79. The molecule has 2 saturated heterocycles. The summed E-state index contributed by atoms with van der Waals surface area (Å²) in [7, 11) is 0. The van der Waals surface area contributed by atoms with Gasteiger partial charge in [0.2, 0.25) is 0 Å². The van der Waals surface area contributed by atoms with Gasteiger partial charge < -0.3 is 14.6 Å². The molecule has 0 aromatic rings. The van der Waals surface area contributed by atoms with Gasteiger partial charge in [-0.25, -0.2) is 0 Å². The Hall–Kier alpha value is -0.120. The lowest BCUT2D eigenvalue weighted by atomic mass is 9.96. The van der Waals surface area contributed by atoms with Crippen LogP contribution in [0.15, 0.2) is 0 Å². The molecular formula is C9H16O3. The molecule has 12 heavy (non-hydrogen) atoms. The molecule has 0 unspecified atom stereocenters. The highest BCUT2D eigenvalue weighted by Crippen LogP contribution is 2.34. The maximum atomic E-state index is 9.24. The number of rotatable bonds is 0. The first-order valence-corrected chi connectivity index (χ1v) is 4.77. The predicted octanol–water partition coefficient (Wildman–Crippen LogP) is 1.05. The quantitative estimate of drug-likeness (QED) is 0.593. The number of aliphatic hydroxyl groups is 1. The summed E-state index contributed by atoms with van der Waals surface area (Å²) in [5.74, 6) is -0.322. The van der Waals surface area contributed by atoms with Crippen LogP contribution in [0, 0.1) is 0 Å². The summed E-state index contributed by atoms with van der Waals surface area (Å²) >= 11 is 0. The van der Waals surface area contributed by atoms with Gasteiger partial charge in [0.25, 0.3) is 0 Å². The fourth-order valence-corrected chi connectivity index (χ4v) is 1.93. The van der Waals surface area contributed by atoms with Crippen molar-refractivity contribution in [1.82, 2.24) is 0 Å².